The second kappa shape index (κ2) is 10.9. The van der Waals surface area contributed by atoms with Crippen molar-refractivity contribution in [3.8, 4) is 17.1 Å². The van der Waals surface area contributed by atoms with Crippen LogP contribution in [0.2, 0.25) is 0 Å². The van der Waals surface area contributed by atoms with Crippen molar-refractivity contribution < 1.29 is 18.3 Å². The van der Waals surface area contributed by atoms with Crippen LogP contribution in [-0.2, 0) is 0 Å². The Morgan fingerprint density at radius 3 is 2.56 bits per heavy atom. The normalized spacial score (nSPS) is 18.7. The quantitative estimate of drug-likeness (QED) is 0.373. The fourth-order valence-corrected chi connectivity index (χ4v) is 4.70. The third kappa shape index (κ3) is 5.49. The van der Waals surface area contributed by atoms with Gasteiger partial charge in [0.25, 0.3) is 0 Å². The highest BCUT2D eigenvalue weighted by Gasteiger charge is 2.27. The number of nitrogens with zero attached hydrogens (tertiary/aromatic N) is 2. The Labute approximate surface area is 199 Å². The Kier molecular flexibility index (Phi) is 7.66. The first-order valence-corrected chi connectivity index (χ1v) is 11.9. The lowest BCUT2D eigenvalue weighted by Gasteiger charge is -2.25. The van der Waals surface area contributed by atoms with Crippen molar-refractivity contribution in [3.63, 3.8) is 0 Å². The molecule has 1 aliphatic rings. The standard InChI is InChI=1S/C28H30F2N2O2/c1-18-8-12-22(28-31-14-5-15-32-28)23(16-18)26(33)21-7-4-3-6-20(10-11-21)17-34-27-19(2)9-13-24(29)25(27)30/h5,8-9,12-16,20-21H,3-4,6-7,10-11,17H2,1-2H3/t20-,21?/m1/s1. The van der Waals surface area contributed by atoms with E-state index in [2.05, 4.69) is 9.97 Å². The first kappa shape index (κ1) is 24.0. The first-order valence-electron chi connectivity index (χ1n) is 11.9. The van der Waals surface area contributed by atoms with Crippen molar-refractivity contribution in [1.29, 1.82) is 0 Å². The summed E-state index contributed by atoms with van der Waals surface area (Å²) in [4.78, 5) is 22.3. The molecule has 0 radical (unpaired) electrons. The predicted molar refractivity (Wildman–Crippen MR) is 128 cm³/mol. The summed E-state index contributed by atoms with van der Waals surface area (Å²) in [6, 6.07) is 10.2. The van der Waals surface area contributed by atoms with Crippen molar-refractivity contribution >= 4 is 5.78 Å². The largest absolute Gasteiger partial charge is 0.490 e. The van der Waals surface area contributed by atoms with E-state index in [1.165, 1.54) is 6.07 Å². The van der Waals surface area contributed by atoms with Gasteiger partial charge < -0.3 is 4.74 Å². The molecular weight excluding hydrogens is 434 g/mol. The van der Waals surface area contributed by atoms with Gasteiger partial charge in [-0.3, -0.25) is 4.79 Å². The fraction of sp³-hybridized carbons (Fsp3) is 0.393. The maximum atomic E-state index is 14.2. The maximum absolute atomic E-state index is 14.2. The van der Waals surface area contributed by atoms with Crippen LogP contribution < -0.4 is 4.74 Å². The van der Waals surface area contributed by atoms with Gasteiger partial charge in [0.2, 0.25) is 5.82 Å². The monoisotopic (exact) mass is 464 g/mol. The summed E-state index contributed by atoms with van der Waals surface area (Å²) in [7, 11) is 0. The highest BCUT2D eigenvalue weighted by molar-refractivity contribution is 6.03. The number of carbonyl (C=O) groups is 1. The molecule has 1 heterocycles. The molecule has 2 aromatic carbocycles. The third-order valence-electron chi connectivity index (χ3n) is 6.67. The van der Waals surface area contributed by atoms with Crippen LogP contribution in [0, 0.1) is 37.3 Å². The maximum Gasteiger partial charge on any atom is 0.200 e. The van der Waals surface area contributed by atoms with E-state index in [9.17, 15) is 13.6 Å². The smallest absolute Gasteiger partial charge is 0.200 e. The highest BCUT2D eigenvalue weighted by Crippen LogP contribution is 2.33. The molecule has 0 bridgehead atoms. The Hall–Kier alpha value is -3.15. The van der Waals surface area contributed by atoms with E-state index in [0.717, 1.165) is 55.7 Å². The molecule has 4 nitrogen and oxygen atoms in total. The highest BCUT2D eigenvalue weighted by atomic mass is 19.2. The van der Waals surface area contributed by atoms with Crippen LogP contribution in [0.25, 0.3) is 11.4 Å². The number of rotatable bonds is 6. The van der Waals surface area contributed by atoms with Crippen molar-refractivity contribution in [2.24, 2.45) is 11.8 Å². The first-order chi connectivity index (χ1) is 16.4. The van der Waals surface area contributed by atoms with Gasteiger partial charge in [0.1, 0.15) is 0 Å². The van der Waals surface area contributed by atoms with Gasteiger partial charge in [-0.2, -0.15) is 4.39 Å². The SMILES string of the molecule is Cc1ccc(-c2ncccn2)c(C(=O)C2CCCC[C@@H](COc3c(C)ccc(F)c3F)CC2)c1. The van der Waals surface area contributed by atoms with Crippen molar-refractivity contribution in [2.75, 3.05) is 6.61 Å². The molecule has 0 aliphatic heterocycles. The number of ketones is 1. The summed E-state index contributed by atoms with van der Waals surface area (Å²) in [5.74, 6) is -1.08. The van der Waals surface area contributed by atoms with Crippen molar-refractivity contribution in [2.45, 2.75) is 52.4 Å². The van der Waals surface area contributed by atoms with Gasteiger partial charge in [-0.25, -0.2) is 14.4 Å². The van der Waals surface area contributed by atoms with Crippen LogP contribution >= 0.6 is 0 Å². The lowest BCUT2D eigenvalue weighted by Crippen LogP contribution is -2.22. The van der Waals surface area contributed by atoms with E-state index in [1.807, 2.05) is 25.1 Å². The number of Topliss-reactive ketones (excluding diaryl/α,β-unsaturated/α-hetero) is 1. The van der Waals surface area contributed by atoms with Crippen LogP contribution in [0.3, 0.4) is 0 Å². The number of aromatic nitrogens is 2. The minimum Gasteiger partial charge on any atom is -0.490 e. The van der Waals surface area contributed by atoms with E-state index in [1.54, 1.807) is 25.4 Å². The fourth-order valence-electron chi connectivity index (χ4n) is 4.70. The van der Waals surface area contributed by atoms with Gasteiger partial charge in [0.15, 0.2) is 23.2 Å². The Balaban J connectivity index is 1.47. The van der Waals surface area contributed by atoms with E-state index in [-0.39, 0.29) is 23.4 Å². The third-order valence-corrected chi connectivity index (χ3v) is 6.67. The van der Waals surface area contributed by atoms with Crippen LogP contribution in [0.4, 0.5) is 8.78 Å². The Bertz CT molecular complexity index is 1150. The molecule has 34 heavy (non-hydrogen) atoms. The minimum atomic E-state index is -0.936. The number of aryl methyl sites for hydroxylation is 2. The number of hydrogen-bond acceptors (Lipinski definition) is 4. The average Bonchev–Trinajstić information content (AvgIpc) is 2.83. The number of halogens is 2. The average molecular weight is 465 g/mol. The Morgan fingerprint density at radius 1 is 1.00 bits per heavy atom. The molecule has 0 N–H and O–H groups in total. The molecular formula is C28H30F2N2O2. The minimum absolute atomic E-state index is 0.0121. The zero-order valence-electron chi connectivity index (χ0n) is 19.7. The number of benzene rings is 2. The molecule has 1 aliphatic carbocycles. The van der Waals surface area contributed by atoms with Gasteiger partial charge in [-0.15, -0.1) is 0 Å². The molecule has 2 atom stereocenters. The van der Waals surface area contributed by atoms with Gasteiger partial charge in [0, 0.05) is 29.4 Å². The molecule has 0 amide bonds. The van der Waals surface area contributed by atoms with Gasteiger partial charge in [-0.05, 0) is 69.2 Å². The van der Waals surface area contributed by atoms with E-state index < -0.39 is 11.6 Å². The summed E-state index contributed by atoms with van der Waals surface area (Å²) in [6.07, 6.45) is 8.61. The number of hydrogen-bond donors (Lipinski definition) is 0. The molecule has 178 valence electrons. The second-order valence-corrected chi connectivity index (χ2v) is 9.23. The molecule has 1 unspecified atom stereocenters. The summed E-state index contributed by atoms with van der Waals surface area (Å²) < 4.78 is 33.5. The zero-order chi connectivity index (χ0) is 24.1. The molecule has 6 heteroatoms. The molecule has 1 aromatic heterocycles. The second-order valence-electron chi connectivity index (χ2n) is 9.23. The zero-order valence-corrected chi connectivity index (χ0v) is 19.7. The van der Waals surface area contributed by atoms with Gasteiger partial charge in [-0.1, -0.05) is 36.6 Å². The predicted octanol–water partition coefficient (Wildman–Crippen LogP) is 6.89. The Morgan fingerprint density at radius 2 is 1.76 bits per heavy atom. The lowest BCUT2D eigenvalue weighted by molar-refractivity contribution is 0.0884. The summed E-state index contributed by atoms with van der Waals surface area (Å²) in [6.45, 7) is 4.00. The van der Waals surface area contributed by atoms with E-state index >= 15 is 0 Å². The van der Waals surface area contributed by atoms with Crippen LogP contribution in [0.1, 0.15) is 60.0 Å². The molecule has 3 aromatic rings. The van der Waals surface area contributed by atoms with Crippen LogP contribution in [0.5, 0.6) is 5.75 Å². The van der Waals surface area contributed by atoms with Crippen LogP contribution in [-0.4, -0.2) is 22.4 Å². The summed E-state index contributed by atoms with van der Waals surface area (Å²) in [5, 5.41) is 0. The molecule has 0 saturated heterocycles. The molecule has 1 saturated carbocycles. The topological polar surface area (TPSA) is 52.1 Å². The molecule has 4 rings (SSSR count). The molecule has 0 spiro atoms. The number of ether oxygens (including phenoxy) is 1. The number of carbonyl (C=O) groups excluding carboxylic acids is 1. The summed E-state index contributed by atoms with van der Waals surface area (Å²) in [5.41, 5.74) is 3.03. The van der Waals surface area contributed by atoms with E-state index in [4.69, 9.17) is 4.74 Å². The summed E-state index contributed by atoms with van der Waals surface area (Å²) >= 11 is 0. The van der Waals surface area contributed by atoms with Crippen molar-refractivity contribution in [3.05, 3.63) is 77.1 Å². The van der Waals surface area contributed by atoms with E-state index in [0.29, 0.717) is 23.6 Å². The van der Waals surface area contributed by atoms with Gasteiger partial charge in [0.05, 0.1) is 6.61 Å². The van der Waals surface area contributed by atoms with Crippen LogP contribution in [0.15, 0.2) is 48.8 Å². The van der Waals surface area contributed by atoms with Crippen molar-refractivity contribution in [1.82, 2.24) is 9.97 Å². The molecule has 1 fully saturated rings. The van der Waals surface area contributed by atoms with Gasteiger partial charge >= 0.3 is 0 Å². The lowest BCUT2D eigenvalue weighted by atomic mass is 9.81.